The Hall–Kier alpha value is -4.06. The molecule has 1 aliphatic heterocycles. The molecule has 0 bridgehead atoms. The standard InChI is InChI=1S/C28H27N3O3/c1-18-26(23-13-6-7-14-24(23)30(18)2)27-21-11-4-5-12-22(21)28(33)31(27)17-25(32)29-16-19-9-8-10-20(15-19)34-3/h4-15,27H,16-17H2,1-3H3,(H,29,32). The van der Waals surface area contributed by atoms with Gasteiger partial charge >= 0.3 is 0 Å². The summed E-state index contributed by atoms with van der Waals surface area (Å²) in [5, 5.41) is 4.06. The third kappa shape index (κ3) is 3.61. The second-order valence-electron chi connectivity index (χ2n) is 8.63. The number of carbonyl (C=O) groups excluding carboxylic acids is 2. The van der Waals surface area contributed by atoms with Gasteiger partial charge in [0.25, 0.3) is 5.91 Å². The molecule has 1 unspecified atom stereocenters. The van der Waals surface area contributed by atoms with Gasteiger partial charge in [-0.1, -0.05) is 48.5 Å². The van der Waals surface area contributed by atoms with E-state index in [2.05, 4.69) is 28.9 Å². The Balaban J connectivity index is 1.47. The predicted molar refractivity (Wildman–Crippen MR) is 132 cm³/mol. The molecule has 6 heteroatoms. The molecular formula is C28H27N3O3. The minimum atomic E-state index is -0.322. The molecule has 5 rings (SSSR count). The number of aromatic nitrogens is 1. The number of nitrogens with zero attached hydrogens (tertiary/aromatic N) is 2. The number of fused-ring (bicyclic) bond motifs is 2. The first kappa shape index (κ1) is 21.8. The van der Waals surface area contributed by atoms with Crippen molar-refractivity contribution >= 4 is 22.7 Å². The Morgan fingerprint density at radius 1 is 1.03 bits per heavy atom. The number of para-hydroxylation sites is 1. The summed E-state index contributed by atoms with van der Waals surface area (Å²) in [7, 11) is 3.65. The molecule has 1 N–H and O–H groups in total. The normalized spacial score (nSPS) is 15.0. The molecule has 0 saturated heterocycles. The lowest BCUT2D eigenvalue weighted by atomic mass is 9.95. The minimum absolute atomic E-state index is 0.0230. The Bertz CT molecular complexity index is 1410. The van der Waals surface area contributed by atoms with E-state index in [1.807, 2.05) is 67.7 Å². The van der Waals surface area contributed by atoms with E-state index in [1.165, 1.54) is 0 Å². The number of benzene rings is 3. The van der Waals surface area contributed by atoms with Crippen LogP contribution in [0.15, 0.2) is 72.8 Å². The van der Waals surface area contributed by atoms with Crippen molar-refractivity contribution in [3.8, 4) is 5.75 Å². The minimum Gasteiger partial charge on any atom is -0.497 e. The average Bonchev–Trinajstić information content (AvgIpc) is 3.28. The number of carbonyl (C=O) groups is 2. The van der Waals surface area contributed by atoms with Crippen LogP contribution in [-0.4, -0.2) is 34.9 Å². The summed E-state index contributed by atoms with van der Waals surface area (Å²) < 4.78 is 7.41. The van der Waals surface area contributed by atoms with Gasteiger partial charge in [-0.2, -0.15) is 0 Å². The van der Waals surface area contributed by atoms with Gasteiger partial charge in [0.1, 0.15) is 12.3 Å². The average molecular weight is 454 g/mol. The van der Waals surface area contributed by atoms with Gasteiger partial charge in [-0.05, 0) is 42.3 Å². The van der Waals surface area contributed by atoms with Crippen LogP contribution in [0.25, 0.3) is 10.9 Å². The van der Waals surface area contributed by atoms with E-state index in [0.717, 1.165) is 39.0 Å². The van der Waals surface area contributed by atoms with Crippen LogP contribution in [0.1, 0.15) is 38.8 Å². The largest absolute Gasteiger partial charge is 0.497 e. The molecule has 34 heavy (non-hydrogen) atoms. The van der Waals surface area contributed by atoms with Crippen LogP contribution in [0.3, 0.4) is 0 Å². The van der Waals surface area contributed by atoms with Crippen molar-refractivity contribution in [3.63, 3.8) is 0 Å². The van der Waals surface area contributed by atoms with Crippen molar-refractivity contribution in [2.45, 2.75) is 19.5 Å². The maximum absolute atomic E-state index is 13.5. The van der Waals surface area contributed by atoms with Gasteiger partial charge in [-0.25, -0.2) is 0 Å². The Kier molecular flexibility index (Phi) is 5.57. The summed E-state index contributed by atoms with van der Waals surface area (Å²) in [4.78, 5) is 28.2. The molecule has 2 heterocycles. The van der Waals surface area contributed by atoms with Crippen molar-refractivity contribution < 1.29 is 14.3 Å². The van der Waals surface area contributed by atoms with E-state index in [9.17, 15) is 9.59 Å². The van der Waals surface area contributed by atoms with Gasteiger partial charge < -0.3 is 19.5 Å². The van der Waals surface area contributed by atoms with Crippen LogP contribution < -0.4 is 10.1 Å². The van der Waals surface area contributed by atoms with Crippen LogP contribution in [-0.2, 0) is 18.4 Å². The van der Waals surface area contributed by atoms with Gasteiger partial charge in [0.15, 0.2) is 0 Å². The quantitative estimate of drug-likeness (QED) is 0.472. The number of aryl methyl sites for hydroxylation is 1. The molecule has 3 aromatic carbocycles. The van der Waals surface area contributed by atoms with Crippen LogP contribution >= 0.6 is 0 Å². The summed E-state index contributed by atoms with van der Waals surface area (Å²) in [5.74, 6) is 0.416. The zero-order valence-corrected chi connectivity index (χ0v) is 19.5. The second kappa shape index (κ2) is 8.71. The van der Waals surface area contributed by atoms with Crippen molar-refractivity contribution in [1.29, 1.82) is 0 Å². The SMILES string of the molecule is COc1cccc(CNC(=O)CN2C(=O)c3ccccc3C2c2c(C)n(C)c3ccccc23)c1. The number of hydrogen-bond acceptors (Lipinski definition) is 3. The van der Waals surface area contributed by atoms with Crippen molar-refractivity contribution in [3.05, 3.63) is 101 Å². The maximum Gasteiger partial charge on any atom is 0.255 e. The number of methoxy groups -OCH3 is 1. The fourth-order valence-electron chi connectivity index (χ4n) is 4.93. The van der Waals surface area contributed by atoms with Crippen molar-refractivity contribution in [2.75, 3.05) is 13.7 Å². The molecule has 1 atom stereocenters. The van der Waals surface area contributed by atoms with Crippen molar-refractivity contribution in [2.24, 2.45) is 7.05 Å². The molecule has 0 radical (unpaired) electrons. The van der Waals surface area contributed by atoms with Gasteiger partial charge in [-0.3, -0.25) is 9.59 Å². The smallest absolute Gasteiger partial charge is 0.255 e. The number of amides is 2. The van der Waals surface area contributed by atoms with Crippen molar-refractivity contribution in [1.82, 2.24) is 14.8 Å². The monoisotopic (exact) mass is 453 g/mol. The molecule has 1 aliphatic rings. The van der Waals surface area contributed by atoms with Crippen LogP contribution in [0, 0.1) is 6.92 Å². The lowest BCUT2D eigenvalue weighted by molar-refractivity contribution is -0.122. The molecule has 172 valence electrons. The van der Waals surface area contributed by atoms with Gasteiger partial charge in [-0.15, -0.1) is 0 Å². The topological polar surface area (TPSA) is 63.6 Å². The Labute approximate surface area is 198 Å². The molecule has 4 aromatic rings. The summed E-state index contributed by atoms with van der Waals surface area (Å²) in [6.45, 7) is 2.41. The zero-order valence-electron chi connectivity index (χ0n) is 19.5. The highest BCUT2D eigenvalue weighted by Gasteiger charge is 2.40. The van der Waals surface area contributed by atoms with Gasteiger partial charge in [0.05, 0.1) is 13.2 Å². The highest BCUT2D eigenvalue weighted by atomic mass is 16.5. The first-order valence-corrected chi connectivity index (χ1v) is 11.3. The van der Waals surface area contributed by atoms with Crippen LogP contribution in [0.5, 0.6) is 5.75 Å². The Morgan fingerprint density at radius 2 is 1.79 bits per heavy atom. The first-order chi connectivity index (χ1) is 16.5. The summed E-state index contributed by atoms with van der Waals surface area (Å²) in [6.07, 6.45) is 0. The van der Waals surface area contributed by atoms with Gasteiger partial charge in [0.2, 0.25) is 5.91 Å². The highest BCUT2D eigenvalue weighted by Crippen LogP contribution is 2.43. The summed E-state index contributed by atoms with van der Waals surface area (Å²) in [6, 6.07) is 23.1. The van der Waals surface area contributed by atoms with E-state index < -0.39 is 0 Å². The van der Waals surface area contributed by atoms with E-state index in [4.69, 9.17) is 4.74 Å². The molecule has 0 aliphatic carbocycles. The van der Waals surface area contributed by atoms with Crippen LogP contribution in [0.4, 0.5) is 0 Å². The maximum atomic E-state index is 13.5. The molecule has 0 spiro atoms. The zero-order chi connectivity index (χ0) is 23.8. The molecular weight excluding hydrogens is 426 g/mol. The number of hydrogen-bond donors (Lipinski definition) is 1. The third-order valence-electron chi connectivity index (χ3n) is 6.72. The van der Waals surface area contributed by atoms with E-state index in [-0.39, 0.29) is 24.4 Å². The molecule has 1 aromatic heterocycles. The van der Waals surface area contributed by atoms with Gasteiger partial charge in [0, 0.05) is 41.3 Å². The fourth-order valence-corrected chi connectivity index (χ4v) is 4.93. The lowest BCUT2D eigenvalue weighted by Crippen LogP contribution is -2.39. The third-order valence-corrected chi connectivity index (χ3v) is 6.72. The molecule has 0 fully saturated rings. The lowest BCUT2D eigenvalue weighted by Gasteiger charge is -2.26. The summed E-state index contributed by atoms with van der Waals surface area (Å²) >= 11 is 0. The summed E-state index contributed by atoms with van der Waals surface area (Å²) in [5.41, 5.74) is 5.78. The Morgan fingerprint density at radius 3 is 2.62 bits per heavy atom. The molecule has 6 nitrogen and oxygen atoms in total. The number of ether oxygens (including phenoxy) is 1. The predicted octanol–water partition coefficient (Wildman–Crippen LogP) is 4.36. The van der Waals surface area contributed by atoms with Crippen LogP contribution in [0.2, 0.25) is 0 Å². The second-order valence-corrected chi connectivity index (χ2v) is 8.63. The fraction of sp³-hybridized carbons (Fsp3) is 0.214. The highest BCUT2D eigenvalue weighted by molar-refractivity contribution is 6.02. The molecule has 0 saturated carbocycles. The first-order valence-electron chi connectivity index (χ1n) is 11.3. The number of nitrogens with one attached hydrogen (secondary N) is 1. The van der Waals surface area contributed by atoms with E-state index in [1.54, 1.807) is 12.0 Å². The van der Waals surface area contributed by atoms with E-state index >= 15 is 0 Å². The molecule has 2 amide bonds. The van der Waals surface area contributed by atoms with E-state index in [0.29, 0.717) is 12.1 Å². The number of rotatable bonds is 6.